The summed E-state index contributed by atoms with van der Waals surface area (Å²) in [5.41, 5.74) is 3.35. The van der Waals surface area contributed by atoms with Crippen molar-refractivity contribution in [1.82, 2.24) is 0 Å². The van der Waals surface area contributed by atoms with Crippen LogP contribution in [0.4, 0.5) is 32.0 Å². The number of ether oxygens (including phenoxy) is 1. The summed E-state index contributed by atoms with van der Waals surface area (Å²) in [5.74, 6) is 0.956. The zero-order chi connectivity index (χ0) is 38.1. The Morgan fingerprint density at radius 1 is 0.560 bits per heavy atom. The van der Waals surface area contributed by atoms with Crippen LogP contribution in [0.1, 0.15) is 44.5 Å². The SMILES string of the molecule is COc1ccccc1C.Cc1cc(C(F)(F)F)cc(C(F)(F)F)c1.Cc1ccc(Cl)cc1.Cc1cccc(C)c1.Cc1ccccc1[N+](=O)[O-]. The van der Waals surface area contributed by atoms with Crippen molar-refractivity contribution in [2.75, 3.05) is 7.11 Å². The molecule has 0 aliphatic rings. The van der Waals surface area contributed by atoms with E-state index in [2.05, 4.69) is 38.1 Å². The van der Waals surface area contributed by atoms with Crippen LogP contribution >= 0.6 is 11.6 Å². The Kier molecular flexibility index (Phi) is 17.8. The summed E-state index contributed by atoms with van der Waals surface area (Å²) in [6, 6.07) is 32.2. The van der Waals surface area contributed by atoms with Crippen LogP contribution in [0, 0.1) is 51.7 Å². The largest absolute Gasteiger partial charge is 0.496 e. The van der Waals surface area contributed by atoms with Gasteiger partial charge in [-0.3, -0.25) is 10.1 Å². The maximum absolute atomic E-state index is 12.2. The lowest BCUT2D eigenvalue weighted by Crippen LogP contribution is -2.11. The van der Waals surface area contributed by atoms with Crippen molar-refractivity contribution in [3.63, 3.8) is 0 Å². The number of nitro benzene ring substituents is 1. The second kappa shape index (κ2) is 20.6. The quantitative estimate of drug-likeness (QED) is 0.104. The fourth-order valence-electron chi connectivity index (χ4n) is 4.00. The second-order valence-electron chi connectivity index (χ2n) is 11.1. The number of rotatable bonds is 2. The van der Waals surface area contributed by atoms with Gasteiger partial charge in [-0.25, -0.2) is 0 Å². The van der Waals surface area contributed by atoms with Crippen molar-refractivity contribution in [3.05, 3.63) is 175 Å². The van der Waals surface area contributed by atoms with Gasteiger partial charge < -0.3 is 4.74 Å². The molecule has 0 spiro atoms. The third kappa shape index (κ3) is 17.0. The van der Waals surface area contributed by atoms with E-state index in [1.165, 1.54) is 35.2 Å². The molecule has 0 heterocycles. The van der Waals surface area contributed by atoms with Gasteiger partial charge in [-0.05, 0) is 89.1 Å². The van der Waals surface area contributed by atoms with Crippen molar-refractivity contribution < 1.29 is 36.0 Å². The van der Waals surface area contributed by atoms with E-state index in [0.29, 0.717) is 17.7 Å². The first-order valence-electron chi connectivity index (χ1n) is 15.1. The minimum atomic E-state index is -4.76. The molecule has 0 radical (unpaired) electrons. The summed E-state index contributed by atoms with van der Waals surface area (Å²) in [6.45, 7) is 11.2. The van der Waals surface area contributed by atoms with Crippen LogP contribution in [0.15, 0.2) is 115 Å². The number of para-hydroxylation sites is 2. The molecule has 11 heteroatoms. The maximum atomic E-state index is 12.2. The molecule has 0 aliphatic carbocycles. The van der Waals surface area contributed by atoms with Gasteiger partial charge in [0, 0.05) is 16.7 Å². The van der Waals surface area contributed by atoms with E-state index >= 15 is 0 Å². The van der Waals surface area contributed by atoms with Crippen LogP contribution in [0.5, 0.6) is 5.75 Å². The maximum Gasteiger partial charge on any atom is 0.416 e. The molecular formula is C39H40ClF6NO3. The van der Waals surface area contributed by atoms with E-state index in [4.69, 9.17) is 16.3 Å². The van der Waals surface area contributed by atoms with E-state index in [-0.39, 0.29) is 22.2 Å². The molecule has 50 heavy (non-hydrogen) atoms. The third-order valence-corrected chi connectivity index (χ3v) is 6.79. The molecule has 5 aromatic rings. The predicted molar refractivity (Wildman–Crippen MR) is 189 cm³/mol. The molecule has 0 saturated carbocycles. The Hall–Kier alpha value is -4.83. The highest BCUT2D eigenvalue weighted by Gasteiger charge is 2.36. The van der Waals surface area contributed by atoms with E-state index in [9.17, 15) is 36.5 Å². The van der Waals surface area contributed by atoms with Crippen molar-refractivity contribution in [1.29, 1.82) is 0 Å². The van der Waals surface area contributed by atoms with E-state index in [1.807, 2.05) is 62.4 Å². The lowest BCUT2D eigenvalue weighted by Gasteiger charge is -2.12. The number of benzene rings is 5. The standard InChI is InChI=1S/C9H6F6.C8H10O.C8H10.C7H7Cl.C7H7NO2/c1-5-2-6(8(10,11)12)4-7(3-5)9(13,14)15;1-7-5-3-4-6-8(7)9-2;1-7-4-3-5-8(2)6-7;1-6-2-4-7(8)5-3-6;1-6-4-2-3-5-7(6)8(9)10/h2-4H,1H3;3-6H,1-2H3;3-6H,1-2H3;2-5H,1H3;2-5H,1H3. The molecule has 0 aliphatic heterocycles. The van der Waals surface area contributed by atoms with Crippen LogP contribution in [-0.2, 0) is 12.4 Å². The van der Waals surface area contributed by atoms with E-state index in [1.54, 1.807) is 32.2 Å². The number of methoxy groups -OCH3 is 1. The Balaban J connectivity index is 0.000000320. The van der Waals surface area contributed by atoms with Crippen molar-refractivity contribution >= 4 is 17.3 Å². The van der Waals surface area contributed by atoms with Crippen LogP contribution in [0.25, 0.3) is 0 Å². The highest BCUT2D eigenvalue weighted by Crippen LogP contribution is 2.36. The minimum absolute atomic E-state index is 0.0721. The van der Waals surface area contributed by atoms with Gasteiger partial charge in [0.05, 0.1) is 23.2 Å². The van der Waals surface area contributed by atoms with Gasteiger partial charge in [0.2, 0.25) is 0 Å². The number of hydrogen-bond acceptors (Lipinski definition) is 3. The minimum Gasteiger partial charge on any atom is -0.496 e. The molecule has 0 bridgehead atoms. The summed E-state index contributed by atoms with van der Waals surface area (Å²) in [7, 11) is 1.68. The number of hydrogen-bond donors (Lipinski definition) is 0. The van der Waals surface area contributed by atoms with E-state index in [0.717, 1.165) is 10.8 Å². The van der Waals surface area contributed by atoms with Gasteiger partial charge in [-0.15, -0.1) is 0 Å². The lowest BCUT2D eigenvalue weighted by molar-refractivity contribution is -0.385. The zero-order valence-corrected chi connectivity index (χ0v) is 29.5. The summed E-state index contributed by atoms with van der Waals surface area (Å²) in [5, 5.41) is 11.0. The first kappa shape index (κ1) is 43.2. The molecule has 268 valence electrons. The van der Waals surface area contributed by atoms with Gasteiger partial charge in [0.1, 0.15) is 5.75 Å². The predicted octanol–water partition coefficient (Wildman–Crippen LogP) is 12.9. The fourth-order valence-corrected chi connectivity index (χ4v) is 4.13. The Bertz CT molecular complexity index is 1700. The van der Waals surface area contributed by atoms with Crippen molar-refractivity contribution in [2.45, 2.75) is 53.9 Å². The van der Waals surface area contributed by atoms with Gasteiger partial charge in [-0.1, -0.05) is 101 Å². The average molecular weight is 720 g/mol. The highest BCUT2D eigenvalue weighted by atomic mass is 35.5. The van der Waals surface area contributed by atoms with Gasteiger partial charge in [-0.2, -0.15) is 26.3 Å². The third-order valence-electron chi connectivity index (χ3n) is 6.54. The Labute approximate surface area is 294 Å². The fraction of sp³-hybridized carbons (Fsp3) is 0.231. The van der Waals surface area contributed by atoms with Crippen molar-refractivity contribution in [3.8, 4) is 5.75 Å². The van der Waals surface area contributed by atoms with Crippen LogP contribution in [-0.4, -0.2) is 12.0 Å². The molecule has 0 N–H and O–H groups in total. The highest BCUT2D eigenvalue weighted by molar-refractivity contribution is 6.30. The average Bonchev–Trinajstić information content (AvgIpc) is 3.03. The molecule has 0 fully saturated rings. The van der Waals surface area contributed by atoms with Crippen LogP contribution in [0.3, 0.4) is 0 Å². The summed E-state index contributed by atoms with van der Waals surface area (Å²) >= 11 is 5.61. The number of halogens is 7. The number of nitro groups is 1. The zero-order valence-electron chi connectivity index (χ0n) is 28.8. The summed E-state index contributed by atoms with van der Waals surface area (Å²) < 4.78 is 78.1. The molecule has 0 amide bonds. The van der Waals surface area contributed by atoms with E-state index < -0.39 is 23.5 Å². The normalized spacial score (nSPS) is 10.4. The summed E-state index contributed by atoms with van der Waals surface area (Å²) in [4.78, 5) is 9.85. The van der Waals surface area contributed by atoms with Gasteiger partial charge in [0.15, 0.2) is 0 Å². The molecule has 0 atom stereocenters. The number of alkyl halides is 6. The van der Waals surface area contributed by atoms with Gasteiger partial charge in [0.25, 0.3) is 5.69 Å². The molecule has 5 aromatic carbocycles. The molecular weight excluding hydrogens is 680 g/mol. The lowest BCUT2D eigenvalue weighted by atomic mass is 10.1. The smallest absolute Gasteiger partial charge is 0.416 e. The molecule has 0 unspecified atom stereocenters. The second-order valence-corrected chi connectivity index (χ2v) is 11.5. The topological polar surface area (TPSA) is 52.4 Å². The van der Waals surface area contributed by atoms with Crippen LogP contribution < -0.4 is 4.74 Å². The molecule has 4 nitrogen and oxygen atoms in total. The number of aryl methyl sites for hydroxylation is 6. The first-order valence-corrected chi connectivity index (χ1v) is 15.4. The van der Waals surface area contributed by atoms with Gasteiger partial charge >= 0.3 is 12.4 Å². The monoisotopic (exact) mass is 719 g/mol. The Morgan fingerprint density at radius 3 is 1.34 bits per heavy atom. The molecule has 5 rings (SSSR count). The van der Waals surface area contributed by atoms with Crippen molar-refractivity contribution in [2.24, 2.45) is 0 Å². The molecule has 0 aromatic heterocycles. The Morgan fingerprint density at radius 2 is 1.02 bits per heavy atom. The van der Waals surface area contributed by atoms with Crippen LogP contribution in [0.2, 0.25) is 5.02 Å². The number of nitrogens with zero attached hydrogens (tertiary/aromatic N) is 1. The summed E-state index contributed by atoms with van der Waals surface area (Å²) in [6.07, 6.45) is -9.52. The molecule has 0 saturated heterocycles. The first-order chi connectivity index (χ1) is 23.2.